The zero-order chi connectivity index (χ0) is 7.61. The number of methoxy groups -OCH3 is 1. The minimum atomic E-state index is -3.02. The van der Waals surface area contributed by atoms with Gasteiger partial charge in [0.2, 0.25) is 10.0 Å². The first-order valence-corrected chi connectivity index (χ1v) is 4.69. The maximum Gasteiger partial charge on any atom is 0.216 e. The fourth-order valence-electron chi connectivity index (χ4n) is 0.994. The number of hydrogen-bond acceptors (Lipinski definition) is 3. The van der Waals surface area contributed by atoms with Crippen LogP contribution in [0.25, 0.3) is 0 Å². The highest BCUT2D eigenvalue weighted by Crippen LogP contribution is 2.10. The SMILES string of the molecule is COCC1CCNS1(=O)=O. The van der Waals surface area contributed by atoms with E-state index >= 15 is 0 Å². The number of hydrogen-bond donors (Lipinski definition) is 1. The van der Waals surface area contributed by atoms with Crippen molar-refractivity contribution in [3.05, 3.63) is 0 Å². The molecule has 0 amide bonds. The molecule has 60 valence electrons. The number of ether oxygens (including phenoxy) is 1. The Balaban J connectivity index is 2.60. The first kappa shape index (κ1) is 7.97. The molecule has 10 heavy (non-hydrogen) atoms. The molecule has 4 nitrogen and oxygen atoms in total. The molecule has 0 spiro atoms. The second-order valence-electron chi connectivity index (χ2n) is 2.31. The van der Waals surface area contributed by atoms with E-state index in [9.17, 15) is 8.42 Å². The van der Waals surface area contributed by atoms with E-state index in [1.165, 1.54) is 7.11 Å². The van der Waals surface area contributed by atoms with E-state index in [4.69, 9.17) is 4.74 Å². The molecule has 1 rings (SSSR count). The van der Waals surface area contributed by atoms with Crippen LogP contribution in [0.1, 0.15) is 6.42 Å². The lowest BCUT2D eigenvalue weighted by Crippen LogP contribution is -2.26. The standard InChI is InChI=1S/C5H11NO3S/c1-9-4-5-2-3-6-10(5,7)8/h5-6H,2-4H2,1H3. The van der Waals surface area contributed by atoms with Gasteiger partial charge in [0.1, 0.15) is 0 Å². The van der Waals surface area contributed by atoms with Gasteiger partial charge in [-0.2, -0.15) is 0 Å². The molecule has 0 radical (unpaired) electrons. The third-order valence-corrected chi connectivity index (χ3v) is 3.42. The molecule has 1 aliphatic rings. The lowest BCUT2D eigenvalue weighted by Gasteiger charge is -2.04. The van der Waals surface area contributed by atoms with E-state index in [1.807, 2.05) is 0 Å². The Kier molecular flexibility index (Phi) is 2.28. The third kappa shape index (κ3) is 1.47. The Morgan fingerprint density at radius 1 is 1.70 bits per heavy atom. The van der Waals surface area contributed by atoms with Gasteiger partial charge >= 0.3 is 0 Å². The molecule has 1 saturated heterocycles. The van der Waals surface area contributed by atoms with Gasteiger partial charge in [-0.3, -0.25) is 0 Å². The lowest BCUT2D eigenvalue weighted by atomic mass is 10.3. The highest BCUT2D eigenvalue weighted by atomic mass is 32.2. The number of nitrogens with one attached hydrogen (secondary N) is 1. The Morgan fingerprint density at radius 3 is 2.80 bits per heavy atom. The van der Waals surface area contributed by atoms with Crippen molar-refractivity contribution in [3.8, 4) is 0 Å². The van der Waals surface area contributed by atoms with Crippen LogP contribution in [-0.4, -0.2) is 33.9 Å². The number of sulfonamides is 1. The fourth-order valence-corrected chi connectivity index (χ4v) is 2.38. The number of rotatable bonds is 2. The largest absolute Gasteiger partial charge is 0.383 e. The summed E-state index contributed by atoms with van der Waals surface area (Å²) in [6, 6.07) is 0. The zero-order valence-corrected chi connectivity index (χ0v) is 6.65. The van der Waals surface area contributed by atoms with Crippen molar-refractivity contribution in [1.29, 1.82) is 0 Å². The third-order valence-electron chi connectivity index (χ3n) is 1.56. The van der Waals surface area contributed by atoms with E-state index in [2.05, 4.69) is 4.72 Å². The quantitative estimate of drug-likeness (QED) is 0.590. The molecule has 1 fully saturated rings. The van der Waals surface area contributed by atoms with Gasteiger partial charge in [0.15, 0.2) is 0 Å². The molecule has 0 aromatic carbocycles. The van der Waals surface area contributed by atoms with Crippen LogP contribution >= 0.6 is 0 Å². The molecule has 0 aromatic rings. The average molecular weight is 165 g/mol. The summed E-state index contributed by atoms with van der Waals surface area (Å²) in [5.74, 6) is 0. The van der Waals surface area contributed by atoms with Gasteiger partial charge in [0.05, 0.1) is 11.9 Å². The van der Waals surface area contributed by atoms with Gasteiger partial charge in [0, 0.05) is 13.7 Å². The topological polar surface area (TPSA) is 55.4 Å². The molecule has 1 N–H and O–H groups in total. The van der Waals surface area contributed by atoms with Crippen molar-refractivity contribution in [3.63, 3.8) is 0 Å². The molecule has 0 aromatic heterocycles. The molecule has 0 saturated carbocycles. The summed E-state index contributed by atoms with van der Waals surface area (Å²) in [6.07, 6.45) is 0.663. The highest BCUT2D eigenvalue weighted by molar-refractivity contribution is 7.90. The Bertz CT molecular complexity index is 199. The van der Waals surface area contributed by atoms with Gasteiger partial charge in [0.25, 0.3) is 0 Å². The summed E-state index contributed by atoms with van der Waals surface area (Å²) in [7, 11) is -1.52. The minimum Gasteiger partial charge on any atom is -0.383 e. The van der Waals surface area contributed by atoms with Crippen LogP contribution in [-0.2, 0) is 14.8 Å². The summed E-state index contributed by atoms with van der Waals surface area (Å²) in [4.78, 5) is 0. The molecule has 5 heteroatoms. The Labute approximate surface area is 60.6 Å². The Hall–Kier alpha value is -0.130. The molecular formula is C5H11NO3S. The van der Waals surface area contributed by atoms with Gasteiger partial charge in [-0.25, -0.2) is 13.1 Å². The van der Waals surface area contributed by atoms with E-state index in [-0.39, 0.29) is 5.25 Å². The zero-order valence-electron chi connectivity index (χ0n) is 5.83. The lowest BCUT2D eigenvalue weighted by molar-refractivity contribution is 0.197. The molecule has 0 bridgehead atoms. The van der Waals surface area contributed by atoms with Crippen molar-refractivity contribution < 1.29 is 13.2 Å². The van der Waals surface area contributed by atoms with Crippen molar-refractivity contribution in [1.82, 2.24) is 4.72 Å². The van der Waals surface area contributed by atoms with Gasteiger partial charge in [-0.1, -0.05) is 0 Å². The van der Waals surface area contributed by atoms with Crippen LogP contribution in [0.15, 0.2) is 0 Å². The van der Waals surface area contributed by atoms with Crippen LogP contribution in [0.3, 0.4) is 0 Å². The van der Waals surface area contributed by atoms with Crippen LogP contribution in [0.5, 0.6) is 0 Å². The van der Waals surface area contributed by atoms with E-state index < -0.39 is 10.0 Å². The summed E-state index contributed by atoms with van der Waals surface area (Å²) in [6.45, 7) is 0.853. The highest BCUT2D eigenvalue weighted by Gasteiger charge is 2.30. The minimum absolute atomic E-state index is 0.301. The van der Waals surface area contributed by atoms with E-state index in [0.29, 0.717) is 19.6 Å². The van der Waals surface area contributed by atoms with Crippen LogP contribution in [0.4, 0.5) is 0 Å². The van der Waals surface area contributed by atoms with Crippen molar-refractivity contribution in [2.24, 2.45) is 0 Å². The summed E-state index contributed by atoms with van der Waals surface area (Å²) in [5, 5.41) is -0.336. The van der Waals surface area contributed by atoms with Crippen molar-refractivity contribution >= 4 is 10.0 Å². The molecular weight excluding hydrogens is 154 g/mol. The van der Waals surface area contributed by atoms with Gasteiger partial charge in [-0.15, -0.1) is 0 Å². The van der Waals surface area contributed by atoms with Crippen LogP contribution < -0.4 is 4.72 Å². The van der Waals surface area contributed by atoms with E-state index in [1.54, 1.807) is 0 Å². The second-order valence-corrected chi connectivity index (χ2v) is 4.35. The summed E-state index contributed by atoms with van der Waals surface area (Å²) in [5.41, 5.74) is 0. The maximum absolute atomic E-state index is 11.0. The molecule has 0 aliphatic carbocycles. The van der Waals surface area contributed by atoms with Gasteiger partial charge < -0.3 is 4.74 Å². The normalized spacial score (nSPS) is 30.7. The predicted molar refractivity (Wildman–Crippen MR) is 37.2 cm³/mol. The summed E-state index contributed by atoms with van der Waals surface area (Å²) >= 11 is 0. The fraction of sp³-hybridized carbons (Fsp3) is 1.00. The summed E-state index contributed by atoms with van der Waals surface area (Å²) < 4.78 is 29.1. The molecule has 1 aliphatic heterocycles. The monoisotopic (exact) mass is 165 g/mol. The van der Waals surface area contributed by atoms with Crippen molar-refractivity contribution in [2.75, 3.05) is 20.3 Å². The first-order valence-electron chi connectivity index (χ1n) is 3.14. The Morgan fingerprint density at radius 2 is 2.40 bits per heavy atom. The predicted octanol–water partition coefficient (Wildman–Crippen LogP) is -0.675. The molecule has 1 heterocycles. The molecule has 1 atom stereocenters. The smallest absolute Gasteiger partial charge is 0.216 e. The van der Waals surface area contributed by atoms with E-state index in [0.717, 1.165) is 0 Å². The van der Waals surface area contributed by atoms with Crippen LogP contribution in [0.2, 0.25) is 0 Å². The van der Waals surface area contributed by atoms with Crippen molar-refractivity contribution in [2.45, 2.75) is 11.7 Å². The second kappa shape index (κ2) is 2.86. The molecule has 1 unspecified atom stereocenters. The van der Waals surface area contributed by atoms with Gasteiger partial charge in [-0.05, 0) is 6.42 Å². The maximum atomic E-state index is 11.0. The first-order chi connectivity index (χ1) is 4.67. The average Bonchev–Trinajstić information content (AvgIpc) is 2.13. The van der Waals surface area contributed by atoms with Crippen LogP contribution in [0, 0.1) is 0 Å².